The van der Waals surface area contributed by atoms with Gasteiger partial charge in [0.05, 0.1) is 12.2 Å². The number of hydrogen-bond donors (Lipinski definition) is 1. The molecule has 0 bridgehead atoms. The standard InChI is InChI=1S/C13H25N3O/c1-4-16(5-2)8-7-15-13(11-14)9-12(10-13)17-6-3/h12,15H,4-10H2,1-3H3. The van der Waals surface area contributed by atoms with Crippen molar-refractivity contribution in [1.29, 1.82) is 5.26 Å². The Kier molecular flexibility index (Phi) is 5.90. The van der Waals surface area contributed by atoms with E-state index in [4.69, 9.17) is 4.74 Å². The van der Waals surface area contributed by atoms with Crippen molar-refractivity contribution in [2.75, 3.05) is 32.8 Å². The molecule has 1 N–H and O–H groups in total. The number of nitriles is 1. The highest BCUT2D eigenvalue weighted by atomic mass is 16.5. The summed E-state index contributed by atoms with van der Waals surface area (Å²) in [5.41, 5.74) is -0.326. The summed E-state index contributed by atoms with van der Waals surface area (Å²) in [6.45, 7) is 11.1. The van der Waals surface area contributed by atoms with Crippen LogP contribution in [0.4, 0.5) is 0 Å². The van der Waals surface area contributed by atoms with Crippen LogP contribution < -0.4 is 5.32 Å². The molecule has 0 atom stereocenters. The topological polar surface area (TPSA) is 48.3 Å². The lowest BCUT2D eigenvalue weighted by atomic mass is 9.75. The third-order valence-electron chi connectivity index (χ3n) is 3.55. The molecule has 0 unspecified atom stereocenters. The number of hydrogen-bond acceptors (Lipinski definition) is 4. The van der Waals surface area contributed by atoms with Gasteiger partial charge in [-0.1, -0.05) is 13.8 Å². The van der Waals surface area contributed by atoms with E-state index < -0.39 is 0 Å². The first-order valence-corrected chi connectivity index (χ1v) is 6.70. The maximum atomic E-state index is 9.22. The molecule has 0 aromatic rings. The molecule has 0 aromatic carbocycles. The van der Waals surface area contributed by atoms with Crippen molar-refractivity contribution in [2.24, 2.45) is 0 Å². The molecule has 1 aliphatic rings. The van der Waals surface area contributed by atoms with E-state index in [0.717, 1.165) is 45.6 Å². The van der Waals surface area contributed by atoms with E-state index >= 15 is 0 Å². The largest absolute Gasteiger partial charge is 0.378 e. The number of nitrogens with one attached hydrogen (secondary N) is 1. The molecule has 17 heavy (non-hydrogen) atoms. The Morgan fingerprint density at radius 2 is 2.00 bits per heavy atom. The third kappa shape index (κ3) is 3.95. The molecular formula is C13H25N3O. The molecule has 0 heterocycles. The second-order valence-corrected chi connectivity index (χ2v) is 4.63. The zero-order valence-electron chi connectivity index (χ0n) is 11.3. The van der Waals surface area contributed by atoms with Crippen LogP contribution in [0.2, 0.25) is 0 Å². The van der Waals surface area contributed by atoms with Gasteiger partial charge in [-0.3, -0.25) is 5.32 Å². The van der Waals surface area contributed by atoms with Crippen molar-refractivity contribution in [3.05, 3.63) is 0 Å². The van der Waals surface area contributed by atoms with Crippen LogP contribution in [-0.2, 0) is 4.74 Å². The first-order valence-electron chi connectivity index (χ1n) is 6.70. The van der Waals surface area contributed by atoms with Crippen LogP contribution in [0.15, 0.2) is 0 Å². The first-order chi connectivity index (χ1) is 8.19. The van der Waals surface area contributed by atoms with Crippen LogP contribution in [0.1, 0.15) is 33.6 Å². The van der Waals surface area contributed by atoms with Gasteiger partial charge >= 0.3 is 0 Å². The molecule has 4 heteroatoms. The van der Waals surface area contributed by atoms with Crippen LogP contribution in [0, 0.1) is 11.3 Å². The van der Waals surface area contributed by atoms with E-state index in [-0.39, 0.29) is 11.6 Å². The lowest BCUT2D eigenvalue weighted by Crippen LogP contribution is -2.58. The maximum Gasteiger partial charge on any atom is 0.111 e. The van der Waals surface area contributed by atoms with Gasteiger partial charge in [0.25, 0.3) is 0 Å². The molecule has 0 amide bonds. The van der Waals surface area contributed by atoms with Crippen LogP contribution >= 0.6 is 0 Å². The molecule has 1 aliphatic carbocycles. The summed E-state index contributed by atoms with van der Waals surface area (Å²) >= 11 is 0. The van der Waals surface area contributed by atoms with Gasteiger partial charge in [0.15, 0.2) is 0 Å². The van der Waals surface area contributed by atoms with Gasteiger partial charge in [0.2, 0.25) is 0 Å². The fraction of sp³-hybridized carbons (Fsp3) is 0.923. The Balaban J connectivity index is 2.24. The van der Waals surface area contributed by atoms with Crippen LogP contribution in [-0.4, -0.2) is 49.3 Å². The quantitative estimate of drug-likeness (QED) is 0.695. The Hall–Kier alpha value is -0.630. The molecule has 0 spiro atoms. The minimum absolute atomic E-state index is 0.278. The smallest absolute Gasteiger partial charge is 0.111 e. The lowest BCUT2D eigenvalue weighted by molar-refractivity contribution is -0.0316. The highest BCUT2D eigenvalue weighted by molar-refractivity contribution is 5.16. The van der Waals surface area contributed by atoms with Crippen molar-refractivity contribution in [1.82, 2.24) is 10.2 Å². The summed E-state index contributed by atoms with van der Waals surface area (Å²) in [6.07, 6.45) is 1.94. The molecule has 1 rings (SSSR count). The molecule has 0 radical (unpaired) electrons. The third-order valence-corrected chi connectivity index (χ3v) is 3.55. The number of likely N-dealkylation sites (N-methyl/N-ethyl adjacent to an activating group) is 1. The van der Waals surface area contributed by atoms with E-state index in [1.165, 1.54) is 0 Å². The van der Waals surface area contributed by atoms with E-state index in [1.54, 1.807) is 0 Å². The fourth-order valence-corrected chi connectivity index (χ4v) is 2.34. The van der Waals surface area contributed by atoms with Gasteiger partial charge in [0, 0.05) is 32.5 Å². The zero-order chi connectivity index (χ0) is 12.7. The van der Waals surface area contributed by atoms with Gasteiger partial charge < -0.3 is 9.64 Å². The summed E-state index contributed by atoms with van der Waals surface area (Å²) in [7, 11) is 0. The summed E-state index contributed by atoms with van der Waals surface area (Å²) in [6, 6.07) is 2.40. The molecule has 4 nitrogen and oxygen atoms in total. The highest BCUT2D eigenvalue weighted by Crippen LogP contribution is 2.33. The molecule has 0 aliphatic heterocycles. The number of nitrogens with zero attached hydrogens (tertiary/aromatic N) is 2. The molecular weight excluding hydrogens is 214 g/mol. The normalized spacial score (nSPS) is 27.8. The zero-order valence-corrected chi connectivity index (χ0v) is 11.3. The van der Waals surface area contributed by atoms with Gasteiger partial charge in [-0.25, -0.2) is 0 Å². The second-order valence-electron chi connectivity index (χ2n) is 4.63. The maximum absolute atomic E-state index is 9.22. The predicted octanol–water partition coefficient (Wildman–Crippen LogP) is 1.38. The monoisotopic (exact) mass is 239 g/mol. The van der Waals surface area contributed by atoms with E-state index in [2.05, 4.69) is 30.1 Å². The molecule has 0 aromatic heterocycles. The van der Waals surface area contributed by atoms with E-state index in [1.807, 2.05) is 6.92 Å². The SMILES string of the molecule is CCOC1CC(C#N)(NCCN(CC)CC)C1. The number of ether oxygens (including phenoxy) is 1. The summed E-state index contributed by atoms with van der Waals surface area (Å²) in [5, 5.41) is 12.6. The second kappa shape index (κ2) is 6.95. The first kappa shape index (κ1) is 14.4. The van der Waals surface area contributed by atoms with Crippen molar-refractivity contribution in [3.63, 3.8) is 0 Å². The molecule has 98 valence electrons. The van der Waals surface area contributed by atoms with Gasteiger partial charge in [0.1, 0.15) is 5.54 Å². The van der Waals surface area contributed by atoms with Crippen molar-refractivity contribution < 1.29 is 4.74 Å². The van der Waals surface area contributed by atoms with Gasteiger partial charge in [-0.2, -0.15) is 5.26 Å². The van der Waals surface area contributed by atoms with Crippen LogP contribution in [0.5, 0.6) is 0 Å². The van der Waals surface area contributed by atoms with Crippen LogP contribution in [0.3, 0.4) is 0 Å². The molecule has 1 saturated carbocycles. The summed E-state index contributed by atoms with van der Waals surface area (Å²) in [5.74, 6) is 0. The molecule has 0 saturated heterocycles. The van der Waals surface area contributed by atoms with Gasteiger partial charge in [-0.15, -0.1) is 0 Å². The average molecular weight is 239 g/mol. The predicted molar refractivity (Wildman–Crippen MR) is 68.8 cm³/mol. The minimum Gasteiger partial charge on any atom is -0.378 e. The van der Waals surface area contributed by atoms with Crippen molar-refractivity contribution >= 4 is 0 Å². The van der Waals surface area contributed by atoms with E-state index in [9.17, 15) is 5.26 Å². The Labute approximate surface area is 105 Å². The fourth-order valence-electron chi connectivity index (χ4n) is 2.34. The average Bonchev–Trinajstić information content (AvgIpc) is 2.31. The summed E-state index contributed by atoms with van der Waals surface area (Å²) < 4.78 is 5.50. The minimum atomic E-state index is -0.326. The van der Waals surface area contributed by atoms with Crippen molar-refractivity contribution in [2.45, 2.75) is 45.3 Å². The van der Waals surface area contributed by atoms with Crippen molar-refractivity contribution in [3.8, 4) is 6.07 Å². The molecule has 1 fully saturated rings. The lowest BCUT2D eigenvalue weighted by Gasteiger charge is -2.43. The highest BCUT2D eigenvalue weighted by Gasteiger charge is 2.44. The Bertz CT molecular complexity index is 252. The Morgan fingerprint density at radius 1 is 1.35 bits per heavy atom. The number of rotatable bonds is 8. The summed E-state index contributed by atoms with van der Waals surface area (Å²) in [4.78, 5) is 2.36. The van der Waals surface area contributed by atoms with Gasteiger partial charge in [-0.05, 0) is 20.0 Å². The Morgan fingerprint density at radius 3 is 2.47 bits per heavy atom. The van der Waals surface area contributed by atoms with Crippen LogP contribution in [0.25, 0.3) is 0 Å². The van der Waals surface area contributed by atoms with E-state index in [0.29, 0.717) is 0 Å².